The van der Waals surface area contributed by atoms with Crippen molar-refractivity contribution in [2.45, 2.75) is 32.7 Å². The molecular weight excluding hydrogens is 224 g/mol. The van der Waals surface area contributed by atoms with Crippen LogP contribution in [0.4, 0.5) is 0 Å². The number of hydrogen-bond acceptors (Lipinski definition) is 2. The molecule has 1 heterocycles. The predicted octanol–water partition coefficient (Wildman–Crippen LogP) is 2.07. The van der Waals surface area contributed by atoms with Gasteiger partial charge in [-0.2, -0.15) is 0 Å². The molecule has 18 heavy (non-hydrogen) atoms. The number of carbonyl (C=O) groups excluding carboxylic acids is 1. The summed E-state index contributed by atoms with van der Waals surface area (Å²) >= 11 is 0. The fourth-order valence-electron chi connectivity index (χ4n) is 2.43. The molecule has 3 heteroatoms. The second-order valence-corrected chi connectivity index (χ2v) is 5.01. The van der Waals surface area contributed by atoms with Crippen LogP contribution in [0.15, 0.2) is 24.3 Å². The van der Waals surface area contributed by atoms with Crippen molar-refractivity contribution < 1.29 is 4.79 Å². The van der Waals surface area contributed by atoms with Crippen molar-refractivity contribution in [1.29, 1.82) is 0 Å². The van der Waals surface area contributed by atoms with Crippen LogP contribution in [0.5, 0.6) is 0 Å². The molecular formula is C15H22N2O. The van der Waals surface area contributed by atoms with Crippen molar-refractivity contribution in [3.8, 4) is 0 Å². The Balaban J connectivity index is 1.99. The lowest BCUT2D eigenvalue weighted by atomic mass is 9.99. The third-order valence-corrected chi connectivity index (χ3v) is 3.42. The molecule has 1 unspecified atom stereocenters. The lowest BCUT2D eigenvalue weighted by Crippen LogP contribution is -2.45. The van der Waals surface area contributed by atoms with Crippen molar-refractivity contribution >= 4 is 5.91 Å². The molecule has 3 nitrogen and oxygen atoms in total. The average Bonchev–Trinajstić information content (AvgIpc) is 2.40. The molecule has 0 bridgehead atoms. The molecule has 0 aliphatic carbocycles. The van der Waals surface area contributed by atoms with E-state index >= 15 is 0 Å². The van der Waals surface area contributed by atoms with Crippen LogP contribution < -0.4 is 5.32 Å². The molecule has 0 saturated heterocycles. The molecule has 98 valence electrons. The Bertz CT molecular complexity index is 417. The van der Waals surface area contributed by atoms with E-state index in [9.17, 15) is 4.79 Å². The molecule has 1 amide bonds. The molecule has 0 radical (unpaired) electrons. The summed E-state index contributed by atoms with van der Waals surface area (Å²) in [6.07, 6.45) is 2.10. The highest BCUT2D eigenvalue weighted by Gasteiger charge is 2.24. The van der Waals surface area contributed by atoms with Gasteiger partial charge in [-0.15, -0.1) is 0 Å². The van der Waals surface area contributed by atoms with Gasteiger partial charge in [0.05, 0.1) is 0 Å². The third-order valence-electron chi connectivity index (χ3n) is 3.42. The third kappa shape index (κ3) is 2.91. The molecule has 0 fully saturated rings. The van der Waals surface area contributed by atoms with E-state index in [1.165, 1.54) is 5.56 Å². The van der Waals surface area contributed by atoms with Crippen molar-refractivity contribution in [1.82, 2.24) is 10.2 Å². The van der Waals surface area contributed by atoms with E-state index in [4.69, 9.17) is 0 Å². The lowest BCUT2D eigenvalue weighted by molar-refractivity contribution is 0.0725. The second kappa shape index (κ2) is 6.01. The van der Waals surface area contributed by atoms with Crippen LogP contribution in [0.2, 0.25) is 0 Å². The fourth-order valence-corrected chi connectivity index (χ4v) is 2.43. The first-order valence-electron chi connectivity index (χ1n) is 6.83. The van der Waals surface area contributed by atoms with Gasteiger partial charge in [-0.25, -0.2) is 0 Å². The highest BCUT2D eigenvalue weighted by molar-refractivity contribution is 5.96. The Labute approximate surface area is 109 Å². The van der Waals surface area contributed by atoms with Gasteiger partial charge < -0.3 is 10.2 Å². The first-order chi connectivity index (χ1) is 8.72. The normalized spacial score (nSPS) is 16.6. The van der Waals surface area contributed by atoms with E-state index in [2.05, 4.69) is 25.2 Å². The molecule has 1 atom stereocenters. The van der Waals surface area contributed by atoms with Gasteiger partial charge >= 0.3 is 0 Å². The zero-order valence-electron chi connectivity index (χ0n) is 11.3. The van der Waals surface area contributed by atoms with Gasteiger partial charge in [0.25, 0.3) is 5.91 Å². The SMILES string of the molecule is CCCNC(C)CN1CCc2ccccc2C1=O. The molecule has 0 aromatic heterocycles. The van der Waals surface area contributed by atoms with Gasteiger partial charge in [0.15, 0.2) is 0 Å². The molecule has 2 rings (SSSR count). The maximum Gasteiger partial charge on any atom is 0.254 e. The summed E-state index contributed by atoms with van der Waals surface area (Å²) in [4.78, 5) is 14.3. The fraction of sp³-hybridized carbons (Fsp3) is 0.533. The maximum absolute atomic E-state index is 12.3. The lowest BCUT2D eigenvalue weighted by Gasteiger charge is -2.31. The van der Waals surface area contributed by atoms with Crippen LogP contribution >= 0.6 is 0 Å². The topological polar surface area (TPSA) is 32.3 Å². The van der Waals surface area contributed by atoms with Gasteiger partial charge in [-0.05, 0) is 37.9 Å². The van der Waals surface area contributed by atoms with Gasteiger partial charge in [-0.3, -0.25) is 4.79 Å². The van der Waals surface area contributed by atoms with Crippen LogP contribution in [0, 0.1) is 0 Å². The van der Waals surface area contributed by atoms with Gasteiger partial charge in [-0.1, -0.05) is 25.1 Å². The Morgan fingerprint density at radius 2 is 2.17 bits per heavy atom. The van der Waals surface area contributed by atoms with E-state index in [0.717, 1.165) is 38.0 Å². The van der Waals surface area contributed by atoms with Crippen LogP contribution in [0.1, 0.15) is 36.2 Å². The number of nitrogens with zero attached hydrogens (tertiary/aromatic N) is 1. The Morgan fingerprint density at radius 3 is 2.94 bits per heavy atom. The summed E-state index contributed by atoms with van der Waals surface area (Å²) in [6, 6.07) is 8.31. The standard InChI is InChI=1S/C15H22N2O/c1-3-9-16-12(2)11-17-10-8-13-6-4-5-7-14(13)15(17)18/h4-7,12,16H,3,8-11H2,1-2H3. The van der Waals surface area contributed by atoms with Gasteiger partial charge in [0.2, 0.25) is 0 Å². The maximum atomic E-state index is 12.3. The first kappa shape index (κ1) is 13.1. The summed E-state index contributed by atoms with van der Waals surface area (Å²) in [5.41, 5.74) is 2.07. The van der Waals surface area contributed by atoms with E-state index in [-0.39, 0.29) is 5.91 Å². The first-order valence-corrected chi connectivity index (χ1v) is 6.83. The number of carbonyl (C=O) groups is 1. The van der Waals surface area contributed by atoms with E-state index in [1.807, 2.05) is 23.1 Å². The molecule has 1 aliphatic rings. The smallest absolute Gasteiger partial charge is 0.254 e. The van der Waals surface area contributed by atoms with Crippen LogP contribution in [-0.2, 0) is 6.42 Å². The van der Waals surface area contributed by atoms with Crippen LogP contribution in [-0.4, -0.2) is 36.5 Å². The highest BCUT2D eigenvalue weighted by atomic mass is 16.2. The van der Waals surface area contributed by atoms with Crippen molar-refractivity contribution in [2.75, 3.05) is 19.6 Å². The number of rotatable bonds is 5. The Hall–Kier alpha value is -1.35. The quantitative estimate of drug-likeness (QED) is 0.862. The number of benzene rings is 1. The van der Waals surface area contributed by atoms with Gasteiger partial charge in [0, 0.05) is 24.7 Å². The molecule has 1 aliphatic heterocycles. The summed E-state index contributed by atoms with van der Waals surface area (Å²) < 4.78 is 0. The Morgan fingerprint density at radius 1 is 1.39 bits per heavy atom. The van der Waals surface area contributed by atoms with Crippen LogP contribution in [0.3, 0.4) is 0 Å². The monoisotopic (exact) mass is 246 g/mol. The molecule has 0 spiro atoms. The van der Waals surface area contributed by atoms with Crippen LogP contribution in [0.25, 0.3) is 0 Å². The minimum absolute atomic E-state index is 0.182. The van der Waals surface area contributed by atoms with E-state index in [1.54, 1.807) is 0 Å². The van der Waals surface area contributed by atoms with Crippen molar-refractivity contribution in [3.63, 3.8) is 0 Å². The van der Waals surface area contributed by atoms with Crippen molar-refractivity contribution in [2.24, 2.45) is 0 Å². The van der Waals surface area contributed by atoms with Gasteiger partial charge in [0.1, 0.15) is 0 Å². The predicted molar refractivity (Wildman–Crippen MR) is 73.8 cm³/mol. The summed E-state index contributed by atoms with van der Waals surface area (Å²) in [7, 11) is 0. The average molecular weight is 246 g/mol. The van der Waals surface area contributed by atoms with Crippen molar-refractivity contribution in [3.05, 3.63) is 35.4 Å². The molecule has 1 aromatic carbocycles. The number of nitrogens with one attached hydrogen (secondary N) is 1. The number of amides is 1. The summed E-state index contributed by atoms with van der Waals surface area (Å²) in [6.45, 7) is 6.95. The number of fused-ring (bicyclic) bond motifs is 1. The molecule has 1 N–H and O–H groups in total. The second-order valence-electron chi connectivity index (χ2n) is 5.01. The molecule has 1 aromatic rings. The Kier molecular flexibility index (Phi) is 4.37. The van der Waals surface area contributed by atoms with E-state index < -0.39 is 0 Å². The zero-order chi connectivity index (χ0) is 13.0. The summed E-state index contributed by atoms with van der Waals surface area (Å²) in [5.74, 6) is 0.182. The highest BCUT2D eigenvalue weighted by Crippen LogP contribution is 2.18. The molecule has 0 saturated carbocycles. The zero-order valence-corrected chi connectivity index (χ0v) is 11.3. The minimum Gasteiger partial charge on any atom is -0.337 e. The van der Waals surface area contributed by atoms with E-state index in [0.29, 0.717) is 6.04 Å². The number of hydrogen-bond donors (Lipinski definition) is 1. The largest absolute Gasteiger partial charge is 0.337 e. The minimum atomic E-state index is 0.182. The summed E-state index contributed by atoms with van der Waals surface area (Å²) in [5, 5.41) is 3.43.